The Hall–Kier alpha value is -0.643. The molecular formula is C10H17NOSi. The van der Waals surface area contributed by atoms with Crippen molar-refractivity contribution in [1.29, 1.82) is 0 Å². The van der Waals surface area contributed by atoms with Crippen molar-refractivity contribution < 1.29 is 4.43 Å². The van der Waals surface area contributed by atoms with Crippen molar-refractivity contribution >= 4 is 9.92 Å². The molecule has 1 aromatic carbocycles. The van der Waals surface area contributed by atoms with Crippen molar-refractivity contribution in [3.8, 4) is 0 Å². The monoisotopic (exact) mass is 195 g/mol. The summed E-state index contributed by atoms with van der Waals surface area (Å²) in [6.45, 7) is 0.856. The van der Waals surface area contributed by atoms with Crippen LogP contribution in [0.1, 0.15) is 5.56 Å². The fraction of sp³-hybridized carbons (Fsp3) is 0.400. The highest BCUT2D eigenvalue weighted by Gasteiger charge is 1.93. The zero-order valence-corrected chi connectivity index (χ0v) is 9.78. The van der Waals surface area contributed by atoms with Crippen molar-refractivity contribution in [3.63, 3.8) is 0 Å². The highest BCUT2D eigenvalue weighted by molar-refractivity contribution is 6.22. The third kappa shape index (κ3) is 4.82. The van der Waals surface area contributed by atoms with Gasteiger partial charge in [0.2, 0.25) is 9.92 Å². The molecule has 3 heteroatoms. The average Bonchev–Trinajstić information content (AvgIpc) is 2.14. The smallest absolute Gasteiger partial charge is 0.238 e. The van der Waals surface area contributed by atoms with Crippen LogP contribution >= 0.6 is 0 Å². The van der Waals surface area contributed by atoms with Crippen LogP contribution in [0.2, 0.25) is 0 Å². The van der Waals surface area contributed by atoms with Crippen LogP contribution in [0.15, 0.2) is 30.3 Å². The van der Waals surface area contributed by atoms with Crippen LogP contribution < -0.4 is 0 Å². The summed E-state index contributed by atoms with van der Waals surface area (Å²) in [5, 5.41) is 0. The number of benzene rings is 1. The Labute approximate surface area is 82.5 Å². The van der Waals surface area contributed by atoms with Gasteiger partial charge in [0.1, 0.15) is 0 Å². The summed E-state index contributed by atoms with van der Waals surface area (Å²) in [6.07, 6.45) is 1.03. The molecule has 2 nitrogen and oxygen atoms in total. The van der Waals surface area contributed by atoms with Gasteiger partial charge in [0.05, 0.1) is 0 Å². The quantitative estimate of drug-likeness (QED) is 0.509. The second kappa shape index (κ2) is 5.91. The molecule has 0 aliphatic heterocycles. The van der Waals surface area contributed by atoms with E-state index in [9.17, 15) is 0 Å². The molecule has 0 saturated heterocycles. The predicted molar refractivity (Wildman–Crippen MR) is 58.3 cm³/mol. The van der Waals surface area contributed by atoms with Gasteiger partial charge in [-0.05, 0) is 26.1 Å². The standard InChI is InChI=1S/C10H17NOSi/c1-11(2)13-12-9-8-10-6-4-3-5-7-10/h3-7H,8-9,13H2,1-2H3. The van der Waals surface area contributed by atoms with Crippen molar-refractivity contribution in [1.82, 2.24) is 4.57 Å². The van der Waals surface area contributed by atoms with Gasteiger partial charge in [-0.3, -0.25) is 0 Å². The molecule has 0 bridgehead atoms. The first-order chi connectivity index (χ1) is 6.29. The molecule has 0 radical (unpaired) electrons. The molecule has 0 unspecified atom stereocenters. The first-order valence-electron chi connectivity index (χ1n) is 4.55. The highest BCUT2D eigenvalue weighted by Crippen LogP contribution is 1.98. The van der Waals surface area contributed by atoms with Gasteiger partial charge >= 0.3 is 0 Å². The molecule has 72 valence electrons. The van der Waals surface area contributed by atoms with Crippen molar-refractivity contribution in [3.05, 3.63) is 35.9 Å². The zero-order chi connectivity index (χ0) is 9.52. The molecule has 0 N–H and O–H groups in total. The highest BCUT2D eigenvalue weighted by atomic mass is 28.2. The Bertz CT molecular complexity index is 226. The normalized spacial score (nSPS) is 11.6. The summed E-state index contributed by atoms with van der Waals surface area (Å²) in [5.74, 6) is 0. The molecule has 1 aromatic rings. The van der Waals surface area contributed by atoms with Crippen LogP contribution in [-0.4, -0.2) is 35.2 Å². The van der Waals surface area contributed by atoms with Crippen LogP contribution in [0.3, 0.4) is 0 Å². The van der Waals surface area contributed by atoms with E-state index in [2.05, 4.69) is 42.9 Å². The molecule has 0 fully saturated rings. The molecule has 0 saturated carbocycles. The maximum Gasteiger partial charge on any atom is 0.238 e. The minimum atomic E-state index is -0.436. The SMILES string of the molecule is CN(C)[SiH2]OCCc1ccccc1. The lowest BCUT2D eigenvalue weighted by Gasteiger charge is -2.09. The van der Waals surface area contributed by atoms with E-state index in [0.29, 0.717) is 0 Å². The molecule has 1 rings (SSSR count). The number of nitrogens with zero attached hydrogens (tertiary/aromatic N) is 1. The lowest BCUT2D eigenvalue weighted by atomic mass is 10.2. The fourth-order valence-corrected chi connectivity index (χ4v) is 1.72. The van der Waals surface area contributed by atoms with Crippen molar-refractivity contribution in [2.45, 2.75) is 6.42 Å². The van der Waals surface area contributed by atoms with E-state index in [1.54, 1.807) is 0 Å². The van der Waals surface area contributed by atoms with Crippen LogP contribution in [0.25, 0.3) is 0 Å². The molecule has 0 aromatic heterocycles. The zero-order valence-electron chi connectivity index (χ0n) is 8.36. The van der Waals surface area contributed by atoms with E-state index in [1.807, 2.05) is 6.07 Å². The summed E-state index contributed by atoms with van der Waals surface area (Å²) in [5.41, 5.74) is 1.36. The van der Waals surface area contributed by atoms with E-state index in [1.165, 1.54) is 5.56 Å². The van der Waals surface area contributed by atoms with Crippen LogP contribution in [0.5, 0.6) is 0 Å². The molecule has 13 heavy (non-hydrogen) atoms. The van der Waals surface area contributed by atoms with Gasteiger partial charge in [0.25, 0.3) is 0 Å². The third-order valence-corrected chi connectivity index (χ3v) is 2.72. The summed E-state index contributed by atoms with van der Waals surface area (Å²) >= 11 is 0. The molecule has 0 aliphatic rings. The molecule has 0 atom stereocenters. The lowest BCUT2D eigenvalue weighted by molar-refractivity contribution is 0.310. The predicted octanol–water partition coefficient (Wildman–Crippen LogP) is 0.806. The molecule has 0 amide bonds. The Morgan fingerprint density at radius 2 is 1.92 bits per heavy atom. The van der Waals surface area contributed by atoms with E-state index in [4.69, 9.17) is 4.43 Å². The second-order valence-corrected chi connectivity index (χ2v) is 5.28. The number of hydrogen-bond donors (Lipinski definition) is 0. The molecule has 0 heterocycles. The summed E-state index contributed by atoms with van der Waals surface area (Å²) in [6, 6.07) is 10.5. The number of hydrogen-bond acceptors (Lipinski definition) is 2. The summed E-state index contributed by atoms with van der Waals surface area (Å²) in [4.78, 5) is 0. The van der Waals surface area contributed by atoms with Crippen LogP contribution in [-0.2, 0) is 10.8 Å². The van der Waals surface area contributed by atoms with E-state index < -0.39 is 9.92 Å². The number of rotatable bonds is 5. The van der Waals surface area contributed by atoms with Crippen molar-refractivity contribution in [2.75, 3.05) is 20.7 Å². The topological polar surface area (TPSA) is 12.5 Å². The molecule has 0 aliphatic carbocycles. The van der Waals surface area contributed by atoms with Gasteiger partial charge in [-0.1, -0.05) is 30.3 Å². The Morgan fingerprint density at radius 3 is 2.54 bits per heavy atom. The third-order valence-electron chi connectivity index (χ3n) is 1.73. The maximum atomic E-state index is 5.56. The Morgan fingerprint density at radius 1 is 1.23 bits per heavy atom. The van der Waals surface area contributed by atoms with Gasteiger partial charge < -0.3 is 8.99 Å². The second-order valence-electron chi connectivity index (χ2n) is 3.35. The maximum absolute atomic E-state index is 5.56. The lowest BCUT2D eigenvalue weighted by Crippen LogP contribution is -2.21. The Kier molecular flexibility index (Phi) is 4.75. The summed E-state index contributed by atoms with van der Waals surface area (Å²) in [7, 11) is 3.69. The minimum absolute atomic E-state index is 0.436. The summed E-state index contributed by atoms with van der Waals surface area (Å²) < 4.78 is 7.72. The largest absolute Gasteiger partial charge is 0.408 e. The van der Waals surface area contributed by atoms with E-state index in [-0.39, 0.29) is 0 Å². The van der Waals surface area contributed by atoms with Gasteiger partial charge in [-0.25, -0.2) is 0 Å². The van der Waals surface area contributed by atoms with Gasteiger partial charge in [0, 0.05) is 6.61 Å². The van der Waals surface area contributed by atoms with Gasteiger partial charge in [-0.15, -0.1) is 0 Å². The molecular weight excluding hydrogens is 178 g/mol. The van der Waals surface area contributed by atoms with Crippen LogP contribution in [0.4, 0.5) is 0 Å². The van der Waals surface area contributed by atoms with Crippen molar-refractivity contribution in [2.24, 2.45) is 0 Å². The first kappa shape index (κ1) is 10.4. The van der Waals surface area contributed by atoms with E-state index in [0.717, 1.165) is 13.0 Å². The fourth-order valence-electron chi connectivity index (χ4n) is 1.08. The van der Waals surface area contributed by atoms with Gasteiger partial charge in [-0.2, -0.15) is 0 Å². The molecule has 0 spiro atoms. The minimum Gasteiger partial charge on any atom is -0.408 e. The Balaban J connectivity index is 2.13. The van der Waals surface area contributed by atoms with E-state index >= 15 is 0 Å². The first-order valence-corrected chi connectivity index (χ1v) is 5.76. The van der Waals surface area contributed by atoms with Crippen LogP contribution in [0, 0.1) is 0 Å². The van der Waals surface area contributed by atoms with Gasteiger partial charge in [0.15, 0.2) is 0 Å². The average molecular weight is 195 g/mol.